The first-order valence-electron chi connectivity index (χ1n) is 11.3. The van der Waals surface area contributed by atoms with E-state index in [-0.39, 0.29) is 29.0 Å². The minimum absolute atomic E-state index is 0.0201. The van der Waals surface area contributed by atoms with Crippen molar-refractivity contribution in [2.75, 3.05) is 0 Å². The molecule has 2 heterocycles. The maximum atomic E-state index is 13.5. The van der Waals surface area contributed by atoms with Gasteiger partial charge in [0.2, 0.25) is 11.5 Å². The number of aliphatic hydroxyl groups is 1. The second kappa shape index (κ2) is 10.1. The molecule has 12 heteroatoms. The number of hydrogen-bond acceptors (Lipinski definition) is 6. The summed E-state index contributed by atoms with van der Waals surface area (Å²) in [5, 5.41) is 15.0. The molecule has 3 aromatic rings. The van der Waals surface area contributed by atoms with E-state index >= 15 is 0 Å². The van der Waals surface area contributed by atoms with E-state index in [4.69, 9.17) is 4.74 Å². The van der Waals surface area contributed by atoms with Crippen LogP contribution in [0, 0.1) is 0 Å². The van der Waals surface area contributed by atoms with Crippen molar-refractivity contribution in [2.45, 2.75) is 44.1 Å². The molecule has 0 spiro atoms. The monoisotopic (exact) mass is 516 g/mol. The zero-order valence-corrected chi connectivity index (χ0v) is 19.6. The van der Waals surface area contributed by atoms with Crippen LogP contribution in [0.5, 0.6) is 11.5 Å². The molecule has 0 aliphatic heterocycles. The highest BCUT2D eigenvalue weighted by Gasteiger charge is 2.51. The summed E-state index contributed by atoms with van der Waals surface area (Å²) in [6.07, 6.45) is -2.37. The van der Waals surface area contributed by atoms with Gasteiger partial charge in [-0.1, -0.05) is 6.07 Å². The molecule has 1 fully saturated rings. The Labute approximate surface area is 208 Å². The maximum Gasteiger partial charge on any atom is 0.419 e. The molecule has 2 amide bonds. The molecule has 1 saturated carbocycles. The fourth-order valence-corrected chi connectivity index (χ4v) is 3.54. The Bertz CT molecular complexity index is 1350. The number of halogens is 3. The molecule has 1 atom stereocenters. The van der Waals surface area contributed by atoms with E-state index in [1.165, 1.54) is 49.6 Å². The molecule has 0 radical (unpaired) electrons. The van der Waals surface area contributed by atoms with Crippen LogP contribution in [0.1, 0.15) is 53.0 Å². The van der Waals surface area contributed by atoms with Gasteiger partial charge in [-0.3, -0.25) is 19.4 Å². The number of aliphatic hydroxyl groups excluding tert-OH is 1. The highest BCUT2D eigenvalue weighted by molar-refractivity contribution is 6.00. The number of nitrogens with zero attached hydrogens (tertiary/aromatic N) is 1. The Morgan fingerprint density at radius 2 is 1.95 bits per heavy atom. The van der Waals surface area contributed by atoms with Gasteiger partial charge in [0.15, 0.2) is 0 Å². The van der Waals surface area contributed by atoms with E-state index in [9.17, 15) is 32.7 Å². The minimum Gasteiger partial charge on any atom is -0.455 e. The Hall–Kier alpha value is -4.19. The second-order valence-corrected chi connectivity index (χ2v) is 8.68. The molecule has 0 saturated heterocycles. The Morgan fingerprint density at radius 1 is 1.19 bits per heavy atom. The summed E-state index contributed by atoms with van der Waals surface area (Å²) in [6, 6.07) is 8.79. The number of aromatic amines is 1. The van der Waals surface area contributed by atoms with Gasteiger partial charge in [-0.05, 0) is 55.7 Å². The molecule has 37 heavy (non-hydrogen) atoms. The fourth-order valence-electron chi connectivity index (χ4n) is 3.54. The number of pyridine rings is 2. The van der Waals surface area contributed by atoms with Gasteiger partial charge in [-0.25, -0.2) is 0 Å². The molecule has 1 aliphatic carbocycles. The fraction of sp³-hybridized carbons (Fsp3) is 0.280. The quantitative estimate of drug-likeness (QED) is 0.363. The standard InChI is InChI=1S/C25H23F3N4O5/c1-14(33)15-2-6-20(19(10-15)25(26,27)28)37-18-5-4-17(29-13-18)12-31-23(36)24(8-9-24)32-22(35)16-3-7-21(34)30-11-16/h2-7,10-11,13-14,33H,8-9,12H2,1H3,(H,30,34)(H,31,36)(H,32,35). The van der Waals surface area contributed by atoms with Crippen LogP contribution in [0.25, 0.3) is 0 Å². The number of H-pyrrole nitrogens is 1. The van der Waals surface area contributed by atoms with Gasteiger partial charge in [-0.2, -0.15) is 13.2 Å². The molecule has 4 rings (SSSR count). The van der Waals surface area contributed by atoms with Crippen molar-refractivity contribution in [2.24, 2.45) is 0 Å². The summed E-state index contributed by atoms with van der Waals surface area (Å²) < 4.78 is 45.8. The highest BCUT2D eigenvalue weighted by atomic mass is 19.4. The number of carbonyl (C=O) groups excluding carboxylic acids is 2. The molecule has 194 valence electrons. The molecular weight excluding hydrogens is 493 g/mol. The largest absolute Gasteiger partial charge is 0.455 e. The van der Waals surface area contributed by atoms with Gasteiger partial charge in [0.25, 0.3) is 5.91 Å². The van der Waals surface area contributed by atoms with Crippen molar-refractivity contribution in [1.82, 2.24) is 20.6 Å². The summed E-state index contributed by atoms with van der Waals surface area (Å²) in [7, 11) is 0. The van der Waals surface area contributed by atoms with E-state index in [2.05, 4.69) is 20.6 Å². The third-order valence-electron chi connectivity index (χ3n) is 5.83. The second-order valence-electron chi connectivity index (χ2n) is 8.68. The van der Waals surface area contributed by atoms with Crippen LogP contribution in [0.2, 0.25) is 0 Å². The number of hydrogen-bond donors (Lipinski definition) is 4. The smallest absolute Gasteiger partial charge is 0.419 e. The van der Waals surface area contributed by atoms with Crippen molar-refractivity contribution in [3.8, 4) is 11.5 Å². The van der Waals surface area contributed by atoms with Crippen LogP contribution in [-0.4, -0.2) is 32.4 Å². The summed E-state index contributed by atoms with van der Waals surface area (Å²) in [5.74, 6) is -1.28. The third kappa shape index (κ3) is 6.15. The number of amides is 2. The number of nitrogens with one attached hydrogen (secondary N) is 3. The van der Waals surface area contributed by atoms with Gasteiger partial charge < -0.3 is 25.5 Å². The molecule has 1 unspecified atom stereocenters. The first kappa shape index (κ1) is 25.9. The average molecular weight is 516 g/mol. The predicted molar refractivity (Wildman–Crippen MR) is 125 cm³/mol. The number of carbonyl (C=O) groups is 2. The summed E-state index contributed by atoms with van der Waals surface area (Å²) >= 11 is 0. The SMILES string of the molecule is CC(O)c1ccc(Oc2ccc(CNC(=O)C3(NC(=O)c4ccc(=O)[nH]c4)CC3)nc2)c(C(F)(F)F)c1. The lowest BCUT2D eigenvalue weighted by Crippen LogP contribution is -2.48. The number of benzene rings is 1. The Kier molecular flexibility index (Phi) is 7.03. The number of aromatic nitrogens is 2. The third-order valence-corrected chi connectivity index (χ3v) is 5.83. The van der Waals surface area contributed by atoms with Gasteiger partial charge in [0.1, 0.15) is 17.0 Å². The van der Waals surface area contributed by atoms with Crippen LogP contribution in [-0.2, 0) is 17.5 Å². The lowest BCUT2D eigenvalue weighted by molar-refractivity contribution is -0.138. The molecular formula is C25H23F3N4O5. The Morgan fingerprint density at radius 3 is 2.51 bits per heavy atom. The van der Waals surface area contributed by atoms with Crippen LogP contribution < -0.4 is 20.9 Å². The Balaban J connectivity index is 1.36. The van der Waals surface area contributed by atoms with Crippen LogP contribution in [0.15, 0.2) is 59.7 Å². The average Bonchev–Trinajstić information content (AvgIpc) is 3.64. The van der Waals surface area contributed by atoms with Gasteiger partial charge in [-0.15, -0.1) is 0 Å². The van der Waals surface area contributed by atoms with Gasteiger partial charge >= 0.3 is 6.18 Å². The topological polar surface area (TPSA) is 133 Å². The first-order valence-corrected chi connectivity index (χ1v) is 11.3. The van der Waals surface area contributed by atoms with Crippen molar-refractivity contribution < 1.29 is 32.6 Å². The van der Waals surface area contributed by atoms with E-state index in [0.29, 0.717) is 18.5 Å². The molecule has 4 N–H and O–H groups in total. The maximum absolute atomic E-state index is 13.5. The van der Waals surface area contributed by atoms with E-state index in [0.717, 1.165) is 12.1 Å². The number of rotatable bonds is 8. The van der Waals surface area contributed by atoms with Crippen LogP contribution in [0.4, 0.5) is 13.2 Å². The predicted octanol–water partition coefficient (Wildman–Crippen LogP) is 3.21. The van der Waals surface area contributed by atoms with Crippen molar-refractivity contribution in [1.29, 1.82) is 0 Å². The van der Waals surface area contributed by atoms with Crippen molar-refractivity contribution >= 4 is 11.8 Å². The van der Waals surface area contributed by atoms with Crippen molar-refractivity contribution in [3.05, 3.63) is 87.6 Å². The lowest BCUT2D eigenvalue weighted by Gasteiger charge is -2.17. The number of alkyl halides is 3. The summed E-state index contributed by atoms with van der Waals surface area (Å²) in [4.78, 5) is 42.7. The van der Waals surface area contributed by atoms with Gasteiger partial charge in [0.05, 0.1) is 35.7 Å². The summed E-state index contributed by atoms with van der Waals surface area (Å²) in [5.41, 5.74) is -1.70. The van der Waals surface area contributed by atoms with E-state index in [1.807, 2.05) is 0 Å². The summed E-state index contributed by atoms with van der Waals surface area (Å²) in [6.45, 7) is 1.38. The first-order chi connectivity index (χ1) is 17.5. The van der Waals surface area contributed by atoms with Crippen LogP contribution in [0.3, 0.4) is 0 Å². The molecule has 9 nitrogen and oxygen atoms in total. The molecule has 2 aromatic heterocycles. The van der Waals surface area contributed by atoms with Crippen LogP contribution >= 0.6 is 0 Å². The lowest BCUT2D eigenvalue weighted by atomic mass is 10.1. The molecule has 1 aliphatic rings. The van der Waals surface area contributed by atoms with Crippen molar-refractivity contribution in [3.63, 3.8) is 0 Å². The minimum atomic E-state index is -4.69. The van der Waals surface area contributed by atoms with E-state index < -0.39 is 40.9 Å². The van der Waals surface area contributed by atoms with Gasteiger partial charge in [0, 0.05) is 12.3 Å². The highest BCUT2D eigenvalue weighted by Crippen LogP contribution is 2.39. The zero-order valence-electron chi connectivity index (χ0n) is 19.6. The van der Waals surface area contributed by atoms with E-state index in [1.54, 1.807) is 0 Å². The normalized spacial score (nSPS) is 14.9. The molecule has 1 aromatic carbocycles. The number of ether oxygens (including phenoxy) is 1. The zero-order chi connectivity index (χ0) is 26.8. The molecule has 0 bridgehead atoms.